The first kappa shape index (κ1) is 14.8. The van der Waals surface area contributed by atoms with E-state index in [1.807, 2.05) is 34.6 Å². The zero-order valence-corrected chi connectivity index (χ0v) is 9.98. The van der Waals surface area contributed by atoms with Gasteiger partial charge in [0.05, 0.1) is 6.10 Å². The van der Waals surface area contributed by atoms with Crippen LogP contribution in [0, 0.1) is 0 Å². The van der Waals surface area contributed by atoms with Crippen LogP contribution in [0.5, 0.6) is 0 Å². The van der Waals surface area contributed by atoms with Crippen LogP contribution in [0.2, 0.25) is 0 Å². The van der Waals surface area contributed by atoms with E-state index < -0.39 is 0 Å². The van der Waals surface area contributed by atoms with Crippen molar-refractivity contribution in [3.05, 3.63) is 11.5 Å². The molecule has 0 aromatic rings. The Kier molecular flexibility index (Phi) is 10.8. The summed E-state index contributed by atoms with van der Waals surface area (Å²) in [6.07, 6.45) is 2.26. The first-order valence-electron chi connectivity index (χ1n) is 5.19. The summed E-state index contributed by atoms with van der Waals surface area (Å²) in [5.41, 5.74) is 6.43. The lowest BCUT2D eigenvalue weighted by Crippen LogP contribution is -2.07. The number of allylic oxidation sites excluding steroid dienone is 2. The molecule has 0 aliphatic heterocycles. The Morgan fingerprint density at radius 3 is 2.00 bits per heavy atom. The molecular weight excluding hydrogens is 162 g/mol. The van der Waals surface area contributed by atoms with E-state index in [4.69, 9.17) is 10.5 Å². The highest BCUT2D eigenvalue weighted by molar-refractivity contribution is 5.01. The number of hydrogen-bond acceptors (Lipinski definition) is 2. The molecule has 0 rings (SSSR count). The highest BCUT2D eigenvalue weighted by Crippen LogP contribution is 2.11. The quantitative estimate of drug-likeness (QED) is 0.684. The van der Waals surface area contributed by atoms with Gasteiger partial charge in [-0.25, -0.2) is 0 Å². The predicted molar refractivity (Wildman–Crippen MR) is 59.4 cm³/mol. The van der Waals surface area contributed by atoms with Gasteiger partial charge in [0.2, 0.25) is 0 Å². The smallest absolute Gasteiger partial charge is 0.115 e. The molecule has 0 atom stereocenters. The van der Waals surface area contributed by atoms with Crippen LogP contribution in [-0.2, 0) is 4.74 Å². The summed E-state index contributed by atoms with van der Waals surface area (Å²) in [4.78, 5) is 0. The molecule has 13 heavy (non-hydrogen) atoms. The maximum atomic E-state index is 5.63. The summed E-state index contributed by atoms with van der Waals surface area (Å²) in [5, 5.41) is 0. The van der Waals surface area contributed by atoms with E-state index in [1.54, 1.807) is 0 Å². The molecule has 0 heterocycles. The lowest BCUT2D eigenvalue weighted by atomic mass is 10.2. The van der Waals surface area contributed by atoms with Crippen molar-refractivity contribution in [2.24, 2.45) is 5.73 Å². The highest BCUT2D eigenvalue weighted by atomic mass is 16.5. The number of nitrogens with two attached hydrogens (primary N) is 1. The van der Waals surface area contributed by atoms with Crippen molar-refractivity contribution in [2.75, 3.05) is 0 Å². The molecule has 0 aromatic heterocycles. The highest BCUT2D eigenvalue weighted by Gasteiger charge is 2.02. The predicted octanol–water partition coefficient (Wildman–Crippen LogP) is 3.43. The Morgan fingerprint density at radius 2 is 1.77 bits per heavy atom. The molecule has 0 spiro atoms. The molecule has 2 heteroatoms. The van der Waals surface area contributed by atoms with Crippen molar-refractivity contribution in [1.82, 2.24) is 0 Å². The van der Waals surface area contributed by atoms with Crippen LogP contribution < -0.4 is 5.73 Å². The van der Waals surface area contributed by atoms with Crippen LogP contribution in [0.3, 0.4) is 0 Å². The second kappa shape index (κ2) is 9.43. The fraction of sp³-hybridized carbons (Fsp3) is 0.818. The van der Waals surface area contributed by atoms with Crippen LogP contribution in [-0.4, -0.2) is 6.10 Å². The Labute approximate surface area is 83.2 Å². The van der Waals surface area contributed by atoms with E-state index in [0.29, 0.717) is 0 Å². The van der Waals surface area contributed by atoms with Crippen LogP contribution in [0.1, 0.15) is 54.4 Å². The Balaban J connectivity index is 0. The first-order chi connectivity index (χ1) is 6.07. The average Bonchev–Trinajstić information content (AvgIpc) is 2.06. The third kappa shape index (κ3) is 9.25. The minimum absolute atomic E-state index is 0.232. The monoisotopic (exact) mass is 187 g/mol. The molecule has 0 fully saturated rings. The molecular formula is C11H25NO. The van der Waals surface area contributed by atoms with Crippen molar-refractivity contribution in [3.63, 3.8) is 0 Å². The van der Waals surface area contributed by atoms with Gasteiger partial charge in [-0.1, -0.05) is 20.8 Å². The van der Waals surface area contributed by atoms with Gasteiger partial charge in [-0.2, -0.15) is 0 Å². The summed E-state index contributed by atoms with van der Waals surface area (Å²) in [5.74, 6) is 0.947. The average molecular weight is 187 g/mol. The number of ether oxygens (including phenoxy) is 1. The van der Waals surface area contributed by atoms with Crippen molar-refractivity contribution in [3.8, 4) is 0 Å². The van der Waals surface area contributed by atoms with Crippen molar-refractivity contribution >= 4 is 0 Å². The third-order valence-electron chi connectivity index (χ3n) is 1.29. The molecule has 0 saturated carbocycles. The summed E-state index contributed by atoms with van der Waals surface area (Å²) in [6.45, 7) is 12.0. The van der Waals surface area contributed by atoms with E-state index in [9.17, 15) is 0 Å². The molecule has 2 nitrogen and oxygen atoms in total. The maximum Gasteiger partial charge on any atom is 0.115 e. The van der Waals surface area contributed by atoms with Crippen LogP contribution in [0.4, 0.5) is 0 Å². The summed E-state index contributed by atoms with van der Waals surface area (Å²) in [6, 6.07) is 0. The summed E-state index contributed by atoms with van der Waals surface area (Å²) < 4.78 is 5.51. The lowest BCUT2D eigenvalue weighted by Gasteiger charge is -2.14. The second-order valence-electron chi connectivity index (χ2n) is 3.02. The maximum absolute atomic E-state index is 5.63. The number of rotatable bonds is 4. The van der Waals surface area contributed by atoms with Gasteiger partial charge in [0.1, 0.15) is 5.76 Å². The van der Waals surface area contributed by atoms with Gasteiger partial charge in [-0.3, -0.25) is 0 Å². The van der Waals surface area contributed by atoms with Crippen LogP contribution in [0.15, 0.2) is 11.5 Å². The molecule has 80 valence electrons. The standard InChI is InChI=1S/C9H19NO.C2H6/c1-5-6-9(8(4)10)11-7(2)3;1-2/h7H,5-6,10H2,1-4H3;1-2H3/b9-8-;. The fourth-order valence-corrected chi connectivity index (χ4v) is 0.861. The molecule has 0 radical (unpaired) electrons. The largest absolute Gasteiger partial charge is 0.494 e. The second-order valence-corrected chi connectivity index (χ2v) is 3.02. The van der Waals surface area contributed by atoms with Gasteiger partial charge in [-0.15, -0.1) is 0 Å². The molecule has 0 unspecified atom stereocenters. The molecule has 0 saturated heterocycles. The lowest BCUT2D eigenvalue weighted by molar-refractivity contribution is 0.136. The van der Waals surface area contributed by atoms with E-state index in [-0.39, 0.29) is 6.10 Å². The van der Waals surface area contributed by atoms with E-state index >= 15 is 0 Å². The first-order valence-corrected chi connectivity index (χ1v) is 5.19. The van der Waals surface area contributed by atoms with Crippen molar-refractivity contribution < 1.29 is 4.74 Å². The fourth-order valence-electron chi connectivity index (χ4n) is 0.861. The van der Waals surface area contributed by atoms with Gasteiger partial charge in [0, 0.05) is 12.1 Å². The summed E-state index contributed by atoms with van der Waals surface area (Å²) in [7, 11) is 0. The SMILES string of the molecule is CC.CCC/C(OC(C)C)=C(\C)N. The minimum atomic E-state index is 0.232. The zero-order chi connectivity index (χ0) is 10.9. The molecule has 0 aliphatic rings. The Hall–Kier alpha value is -0.660. The third-order valence-corrected chi connectivity index (χ3v) is 1.29. The van der Waals surface area contributed by atoms with E-state index in [1.165, 1.54) is 0 Å². The number of hydrogen-bond donors (Lipinski definition) is 1. The van der Waals surface area contributed by atoms with Gasteiger partial charge >= 0.3 is 0 Å². The Bertz CT molecular complexity index is 135. The van der Waals surface area contributed by atoms with Gasteiger partial charge in [0.25, 0.3) is 0 Å². The zero-order valence-electron chi connectivity index (χ0n) is 9.98. The van der Waals surface area contributed by atoms with Crippen LogP contribution in [0.25, 0.3) is 0 Å². The topological polar surface area (TPSA) is 35.2 Å². The van der Waals surface area contributed by atoms with E-state index in [2.05, 4.69) is 6.92 Å². The van der Waals surface area contributed by atoms with Crippen LogP contribution >= 0.6 is 0 Å². The Morgan fingerprint density at radius 1 is 1.31 bits per heavy atom. The van der Waals surface area contributed by atoms with Crippen molar-refractivity contribution in [2.45, 2.75) is 60.5 Å². The molecule has 2 N–H and O–H groups in total. The van der Waals surface area contributed by atoms with Gasteiger partial charge in [0.15, 0.2) is 0 Å². The summed E-state index contributed by atoms with van der Waals surface area (Å²) >= 11 is 0. The van der Waals surface area contributed by atoms with Gasteiger partial charge < -0.3 is 10.5 Å². The molecule has 0 amide bonds. The minimum Gasteiger partial charge on any atom is -0.494 e. The van der Waals surface area contributed by atoms with E-state index in [0.717, 1.165) is 24.3 Å². The molecule has 0 aliphatic carbocycles. The van der Waals surface area contributed by atoms with Gasteiger partial charge in [-0.05, 0) is 27.2 Å². The van der Waals surface area contributed by atoms with Crippen molar-refractivity contribution in [1.29, 1.82) is 0 Å². The normalized spacial score (nSPS) is 11.6. The molecule has 0 bridgehead atoms. The molecule has 0 aromatic carbocycles.